The topological polar surface area (TPSA) is 56.0 Å². The fourth-order valence-electron chi connectivity index (χ4n) is 1.03. The van der Waals surface area contributed by atoms with Crippen molar-refractivity contribution in [3.05, 3.63) is 10.7 Å². The van der Waals surface area contributed by atoms with Gasteiger partial charge in [-0.2, -0.15) is 0 Å². The number of aryl methyl sites for hydroxylation is 1. The minimum absolute atomic E-state index is 0.0638. The molecule has 0 aliphatic heterocycles. The zero-order valence-electron chi connectivity index (χ0n) is 9.05. The van der Waals surface area contributed by atoms with E-state index in [0.29, 0.717) is 10.0 Å². The molecule has 2 N–H and O–H groups in total. The Morgan fingerprint density at radius 1 is 1.50 bits per heavy atom. The number of nitrogens with two attached hydrogens (primary N) is 1. The van der Waals surface area contributed by atoms with Crippen LogP contribution in [0.15, 0.2) is 0 Å². The van der Waals surface area contributed by atoms with Crippen LogP contribution in [0.2, 0.25) is 0 Å². The number of hydrogen-bond donors (Lipinski definition) is 1. The van der Waals surface area contributed by atoms with E-state index < -0.39 is 0 Å². The highest BCUT2D eigenvalue weighted by molar-refractivity contribution is 7.17. The van der Waals surface area contributed by atoms with Crippen LogP contribution in [0.3, 0.4) is 0 Å². The number of thiazole rings is 1. The quantitative estimate of drug-likeness (QED) is 0.766. The Hall–Kier alpha value is -0.900. The predicted molar refractivity (Wildman–Crippen MR) is 59.7 cm³/mol. The van der Waals surface area contributed by atoms with Crippen LogP contribution in [0, 0.1) is 5.41 Å². The summed E-state index contributed by atoms with van der Waals surface area (Å²) in [6.45, 7) is 7.65. The van der Waals surface area contributed by atoms with Gasteiger partial charge in [0.2, 0.25) is 0 Å². The number of rotatable bonds is 2. The summed E-state index contributed by atoms with van der Waals surface area (Å²) in [5.74, 6) is 0.0638. The Balaban J connectivity index is 3.03. The van der Waals surface area contributed by atoms with E-state index in [2.05, 4.69) is 4.98 Å². The first kappa shape index (κ1) is 11.2. The molecule has 0 radical (unpaired) electrons. The molecule has 1 rings (SSSR count). The summed E-state index contributed by atoms with van der Waals surface area (Å²) in [5.41, 5.74) is 6.19. The highest BCUT2D eigenvalue weighted by atomic mass is 32.1. The average molecular weight is 212 g/mol. The maximum atomic E-state index is 11.8. The van der Waals surface area contributed by atoms with Crippen LogP contribution in [0.4, 0.5) is 5.00 Å². The fourth-order valence-corrected chi connectivity index (χ4v) is 2.11. The molecule has 3 nitrogen and oxygen atoms in total. The summed E-state index contributed by atoms with van der Waals surface area (Å²) >= 11 is 1.29. The number of aromatic nitrogens is 1. The van der Waals surface area contributed by atoms with E-state index in [1.54, 1.807) is 0 Å². The monoisotopic (exact) mass is 212 g/mol. The first-order valence-electron chi connectivity index (χ1n) is 4.66. The molecule has 78 valence electrons. The number of nitrogen functional groups attached to an aromatic ring is 1. The van der Waals surface area contributed by atoms with Gasteiger partial charge in [0, 0.05) is 5.41 Å². The first-order valence-corrected chi connectivity index (χ1v) is 5.48. The maximum absolute atomic E-state index is 11.8. The SMILES string of the molecule is CCc1nc(C(=O)C(C)(C)C)sc1N. The number of anilines is 1. The lowest BCUT2D eigenvalue weighted by Gasteiger charge is -2.13. The summed E-state index contributed by atoms with van der Waals surface area (Å²) < 4.78 is 0. The minimum atomic E-state index is -0.380. The predicted octanol–water partition coefficient (Wildman–Crippen LogP) is 2.52. The van der Waals surface area contributed by atoms with E-state index in [9.17, 15) is 4.79 Å². The number of Topliss-reactive ketones (excluding diaryl/α,β-unsaturated/α-hetero) is 1. The Bertz CT molecular complexity index is 349. The molecule has 0 fully saturated rings. The lowest BCUT2D eigenvalue weighted by Crippen LogP contribution is -2.19. The first-order chi connectivity index (χ1) is 6.36. The van der Waals surface area contributed by atoms with Crippen molar-refractivity contribution in [2.75, 3.05) is 5.73 Å². The Morgan fingerprint density at radius 2 is 2.07 bits per heavy atom. The molecule has 0 spiro atoms. The average Bonchev–Trinajstić information content (AvgIpc) is 2.43. The number of carbonyl (C=O) groups excluding carboxylic acids is 1. The highest BCUT2D eigenvalue weighted by Gasteiger charge is 2.26. The third-order valence-corrected chi connectivity index (χ3v) is 2.86. The van der Waals surface area contributed by atoms with Crippen LogP contribution in [0.5, 0.6) is 0 Å². The summed E-state index contributed by atoms with van der Waals surface area (Å²) in [5, 5.41) is 1.20. The van der Waals surface area contributed by atoms with Gasteiger partial charge in [0.1, 0.15) is 5.00 Å². The minimum Gasteiger partial charge on any atom is -0.389 e. The number of carbonyl (C=O) groups is 1. The molecule has 0 atom stereocenters. The molecule has 4 heteroatoms. The van der Waals surface area contributed by atoms with Gasteiger partial charge in [0.15, 0.2) is 10.8 Å². The normalized spacial score (nSPS) is 11.7. The molecule has 0 bridgehead atoms. The van der Waals surface area contributed by atoms with E-state index in [1.807, 2.05) is 27.7 Å². The molecule has 1 heterocycles. The van der Waals surface area contributed by atoms with E-state index >= 15 is 0 Å². The summed E-state index contributed by atoms with van der Waals surface area (Å²) in [7, 11) is 0. The Morgan fingerprint density at radius 3 is 2.43 bits per heavy atom. The largest absolute Gasteiger partial charge is 0.389 e. The van der Waals surface area contributed by atoms with E-state index in [0.717, 1.165) is 12.1 Å². The van der Waals surface area contributed by atoms with Crippen molar-refractivity contribution in [3.8, 4) is 0 Å². The van der Waals surface area contributed by atoms with Crippen molar-refractivity contribution < 1.29 is 4.79 Å². The molecular formula is C10H16N2OS. The molecule has 0 aliphatic carbocycles. The molecule has 0 amide bonds. The second kappa shape index (κ2) is 3.69. The van der Waals surface area contributed by atoms with Gasteiger partial charge in [-0.3, -0.25) is 4.79 Å². The van der Waals surface area contributed by atoms with Gasteiger partial charge in [-0.05, 0) is 6.42 Å². The smallest absolute Gasteiger partial charge is 0.196 e. The van der Waals surface area contributed by atoms with Gasteiger partial charge in [-0.25, -0.2) is 4.98 Å². The molecule has 0 aliphatic rings. The van der Waals surface area contributed by atoms with Crippen LogP contribution >= 0.6 is 11.3 Å². The van der Waals surface area contributed by atoms with Crippen LogP contribution < -0.4 is 5.73 Å². The number of ketones is 1. The molecule has 0 aromatic carbocycles. The van der Waals surface area contributed by atoms with Crippen LogP contribution in [-0.4, -0.2) is 10.8 Å². The van der Waals surface area contributed by atoms with Gasteiger partial charge in [-0.15, -0.1) is 0 Å². The summed E-state index contributed by atoms with van der Waals surface area (Å²) in [6.07, 6.45) is 0.778. The van der Waals surface area contributed by atoms with Crippen molar-refractivity contribution in [1.29, 1.82) is 0 Å². The molecule has 0 saturated heterocycles. The molecule has 14 heavy (non-hydrogen) atoms. The van der Waals surface area contributed by atoms with Crippen molar-refractivity contribution in [1.82, 2.24) is 4.98 Å². The standard InChI is InChI=1S/C10H16N2OS/c1-5-6-8(11)14-9(12-6)7(13)10(2,3)4/h5,11H2,1-4H3. The molecule has 0 saturated carbocycles. The van der Waals surface area contributed by atoms with E-state index in [4.69, 9.17) is 5.73 Å². The molecular weight excluding hydrogens is 196 g/mol. The molecule has 1 aromatic rings. The fraction of sp³-hybridized carbons (Fsp3) is 0.600. The van der Waals surface area contributed by atoms with Crippen molar-refractivity contribution in [2.45, 2.75) is 34.1 Å². The summed E-state index contributed by atoms with van der Waals surface area (Å²) in [6, 6.07) is 0. The van der Waals surface area contributed by atoms with Gasteiger partial charge in [0.05, 0.1) is 5.69 Å². The lowest BCUT2D eigenvalue weighted by atomic mass is 9.91. The summed E-state index contributed by atoms with van der Waals surface area (Å²) in [4.78, 5) is 16.1. The number of nitrogens with zero attached hydrogens (tertiary/aromatic N) is 1. The van der Waals surface area contributed by atoms with E-state index in [-0.39, 0.29) is 11.2 Å². The molecule has 0 unspecified atom stereocenters. The van der Waals surface area contributed by atoms with Crippen LogP contribution in [-0.2, 0) is 6.42 Å². The van der Waals surface area contributed by atoms with Crippen molar-refractivity contribution in [3.63, 3.8) is 0 Å². The maximum Gasteiger partial charge on any atom is 0.196 e. The van der Waals surface area contributed by atoms with E-state index in [1.165, 1.54) is 11.3 Å². The van der Waals surface area contributed by atoms with Crippen LogP contribution in [0.25, 0.3) is 0 Å². The van der Waals surface area contributed by atoms with Gasteiger partial charge >= 0.3 is 0 Å². The van der Waals surface area contributed by atoms with Crippen molar-refractivity contribution in [2.24, 2.45) is 5.41 Å². The van der Waals surface area contributed by atoms with Crippen LogP contribution in [0.1, 0.15) is 43.2 Å². The lowest BCUT2D eigenvalue weighted by molar-refractivity contribution is 0.0858. The van der Waals surface area contributed by atoms with Gasteiger partial charge in [-0.1, -0.05) is 39.0 Å². The van der Waals surface area contributed by atoms with Gasteiger partial charge in [0.25, 0.3) is 0 Å². The highest BCUT2D eigenvalue weighted by Crippen LogP contribution is 2.27. The second-order valence-electron chi connectivity index (χ2n) is 4.26. The van der Waals surface area contributed by atoms with Gasteiger partial charge < -0.3 is 5.73 Å². The Labute approximate surface area is 88.3 Å². The zero-order chi connectivity index (χ0) is 10.9. The Kier molecular flexibility index (Phi) is 2.95. The third kappa shape index (κ3) is 2.12. The number of hydrogen-bond acceptors (Lipinski definition) is 4. The zero-order valence-corrected chi connectivity index (χ0v) is 9.86. The third-order valence-electron chi connectivity index (χ3n) is 1.94. The second-order valence-corrected chi connectivity index (χ2v) is 5.29. The molecule has 1 aromatic heterocycles. The van der Waals surface area contributed by atoms with Crippen molar-refractivity contribution >= 4 is 22.1 Å².